The van der Waals surface area contributed by atoms with Crippen molar-refractivity contribution in [2.24, 2.45) is 0 Å². The van der Waals surface area contributed by atoms with E-state index in [9.17, 15) is 31.5 Å². The van der Waals surface area contributed by atoms with E-state index in [1.54, 1.807) is 22.7 Å². The first-order chi connectivity index (χ1) is 12.5. The first-order valence-corrected chi connectivity index (χ1v) is 8.88. The second kappa shape index (κ2) is 6.27. The van der Waals surface area contributed by atoms with Gasteiger partial charge in [0.15, 0.2) is 0 Å². The zero-order valence-corrected chi connectivity index (χ0v) is 14.5. The number of fused-ring (bicyclic) bond motifs is 1. The Hall–Kier alpha value is -3.08. The van der Waals surface area contributed by atoms with Crippen molar-refractivity contribution >= 4 is 27.1 Å². The summed E-state index contributed by atoms with van der Waals surface area (Å²) in [7, 11) is -5.62. The number of aromatic hydroxyl groups is 1. The number of nitrogens with one attached hydrogen (secondary N) is 1. The third-order valence-corrected chi connectivity index (χ3v) is 5.15. The molecule has 3 rings (SSSR count). The van der Waals surface area contributed by atoms with Crippen LogP contribution in [-0.4, -0.2) is 34.3 Å². The minimum absolute atomic E-state index is 0.0657. The van der Waals surface area contributed by atoms with E-state index in [4.69, 9.17) is 0 Å². The van der Waals surface area contributed by atoms with Crippen molar-refractivity contribution in [3.63, 3.8) is 0 Å². The van der Waals surface area contributed by atoms with E-state index < -0.39 is 37.6 Å². The van der Waals surface area contributed by atoms with Gasteiger partial charge >= 0.3 is 5.51 Å². The molecule has 27 heavy (non-hydrogen) atoms. The van der Waals surface area contributed by atoms with Crippen LogP contribution in [0.5, 0.6) is 5.75 Å². The van der Waals surface area contributed by atoms with E-state index in [2.05, 4.69) is 10.3 Å². The van der Waals surface area contributed by atoms with Crippen molar-refractivity contribution in [3.05, 3.63) is 54.0 Å². The number of nitrogens with zero attached hydrogens (tertiary/aromatic N) is 2. The number of anilines is 1. The Morgan fingerprint density at radius 1 is 1.19 bits per heavy atom. The van der Waals surface area contributed by atoms with Crippen molar-refractivity contribution in [2.75, 3.05) is 5.32 Å². The fourth-order valence-electron chi connectivity index (χ4n) is 2.31. The van der Waals surface area contributed by atoms with E-state index in [1.165, 1.54) is 6.20 Å². The number of halogens is 3. The average Bonchev–Trinajstić information content (AvgIpc) is 2.98. The summed E-state index contributed by atoms with van der Waals surface area (Å²) in [5, 5.41) is 11.9. The molecule has 142 valence electrons. The molecule has 0 aliphatic carbocycles. The molecule has 0 fully saturated rings. The van der Waals surface area contributed by atoms with E-state index >= 15 is 0 Å². The highest BCUT2D eigenvalue weighted by atomic mass is 32.2. The number of aromatic nitrogens is 2. The van der Waals surface area contributed by atoms with E-state index in [0.717, 1.165) is 11.6 Å². The third-order valence-electron chi connectivity index (χ3n) is 3.66. The first-order valence-electron chi connectivity index (χ1n) is 7.40. The number of sulfone groups is 1. The van der Waals surface area contributed by atoms with E-state index in [0.29, 0.717) is 17.8 Å². The molecule has 1 amide bonds. The number of carbonyl (C=O) groups is 1. The molecule has 3 aromatic rings. The number of hydrogen-bond donors (Lipinski definition) is 2. The van der Waals surface area contributed by atoms with Crippen molar-refractivity contribution in [1.82, 2.24) is 9.38 Å². The van der Waals surface area contributed by atoms with Gasteiger partial charge in [-0.15, -0.1) is 0 Å². The van der Waals surface area contributed by atoms with Crippen LogP contribution in [0.2, 0.25) is 0 Å². The van der Waals surface area contributed by atoms with Crippen LogP contribution in [0.25, 0.3) is 5.65 Å². The Morgan fingerprint density at radius 3 is 2.56 bits per heavy atom. The molecule has 0 aliphatic heterocycles. The first kappa shape index (κ1) is 18.7. The highest BCUT2D eigenvalue weighted by Gasteiger charge is 2.47. The molecule has 0 aliphatic rings. The Kier molecular flexibility index (Phi) is 4.34. The number of amides is 1. The number of carbonyl (C=O) groups excluding carboxylic acids is 1. The Morgan fingerprint density at radius 2 is 1.89 bits per heavy atom. The average molecular weight is 399 g/mol. The highest BCUT2D eigenvalue weighted by Crippen LogP contribution is 2.34. The summed E-state index contributed by atoms with van der Waals surface area (Å²) in [5.41, 5.74) is -4.69. The zero-order chi connectivity index (χ0) is 20.0. The van der Waals surface area contributed by atoms with Gasteiger partial charge in [0, 0.05) is 12.4 Å². The molecule has 0 radical (unpaired) electrons. The van der Waals surface area contributed by atoms with Gasteiger partial charge in [0.25, 0.3) is 15.7 Å². The van der Waals surface area contributed by atoms with Gasteiger partial charge in [-0.25, -0.2) is 13.4 Å². The molecule has 0 saturated heterocycles. The van der Waals surface area contributed by atoms with Crippen LogP contribution in [0.15, 0.2) is 47.6 Å². The smallest absolute Gasteiger partial charge is 0.501 e. The van der Waals surface area contributed by atoms with Gasteiger partial charge < -0.3 is 14.8 Å². The fraction of sp³-hybridized carbons (Fsp3) is 0.125. The van der Waals surface area contributed by atoms with Crippen LogP contribution in [0.3, 0.4) is 0 Å². The number of aryl methyl sites for hydroxylation is 1. The molecule has 7 nitrogen and oxygen atoms in total. The van der Waals surface area contributed by atoms with Gasteiger partial charge in [-0.05, 0) is 36.8 Å². The Bertz CT molecular complexity index is 1150. The number of pyridine rings is 1. The summed E-state index contributed by atoms with van der Waals surface area (Å²) in [6.45, 7) is 1.84. The number of imidazole rings is 1. The predicted molar refractivity (Wildman–Crippen MR) is 89.2 cm³/mol. The third kappa shape index (κ3) is 3.45. The lowest BCUT2D eigenvalue weighted by molar-refractivity contribution is -0.0436. The maximum atomic E-state index is 12.7. The summed E-state index contributed by atoms with van der Waals surface area (Å²) in [5.74, 6) is -1.42. The van der Waals surface area contributed by atoms with Gasteiger partial charge in [-0.1, -0.05) is 6.07 Å². The topological polar surface area (TPSA) is 101 Å². The Labute approximate surface area is 151 Å². The maximum absolute atomic E-state index is 12.7. The lowest BCUT2D eigenvalue weighted by atomic mass is 10.3. The van der Waals surface area contributed by atoms with Crippen molar-refractivity contribution in [1.29, 1.82) is 0 Å². The van der Waals surface area contributed by atoms with Gasteiger partial charge in [0.1, 0.15) is 17.1 Å². The molecule has 0 unspecified atom stereocenters. The maximum Gasteiger partial charge on any atom is 0.501 e. The van der Waals surface area contributed by atoms with Gasteiger partial charge in [-0.2, -0.15) is 13.2 Å². The molecule has 1 aromatic carbocycles. The number of phenols is 1. The number of alkyl halides is 3. The second-order valence-electron chi connectivity index (χ2n) is 5.68. The van der Waals surface area contributed by atoms with Crippen LogP contribution in [0, 0.1) is 6.92 Å². The molecule has 0 bridgehead atoms. The summed E-state index contributed by atoms with van der Waals surface area (Å²) in [6, 6.07) is 5.33. The van der Waals surface area contributed by atoms with E-state index in [-0.39, 0.29) is 5.69 Å². The molecule has 0 atom stereocenters. The summed E-state index contributed by atoms with van der Waals surface area (Å²) < 4.78 is 62.6. The molecule has 2 N–H and O–H groups in total. The molecule has 2 aromatic heterocycles. The fourth-order valence-corrected chi connectivity index (χ4v) is 3.10. The van der Waals surface area contributed by atoms with Crippen molar-refractivity contribution in [3.8, 4) is 5.75 Å². The Balaban J connectivity index is 1.94. The SMILES string of the molecule is Cc1ccc2nc(C(=O)Nc3cc(S(=O)(=O)C(F)(F)F)ccc3O)cn2c1. The molecular weight excluding hydrogens is 387 g/mol. The summed E-state index contributed by atoms with van der Waals surface area (Å²) >= 11 is 0. The number of hydrogen-bond acceptors (Lipinski definition) is 5. The normalized spacial score (nSPS) is 12.3. The molecule has 2 heterocycles. The number of benzene rings is 1. The molecule has 0 spiro atoms. The van der Waals surface area contributed by atoms with Crippen LogP contribution in [-0.2, 0) is 9.84 Å². The largest absolute Gasteiger partial charge is 0.506 e. The highest BCUT2D eigenvalue weighted by molar-refractivity contribution is 7.92. The zero-order valence-electron chi connectivity index (χ0n) is 13.6. The number of rotatable bonds is 3. The van der Waals surface area contributed by atoms with Crippen LogP contribution >= 0.6 is 0 Å². The summed E-state index contributed by atoms with van der Waals surface area (Å²) in [4.78, 5) is 15.3. The minimum atomic E-state index is -5.62. The molecular formula is C16H12F3N3O4S. The van der Waals surface area contributed by atoms with Crippen LogP contribution in [0.4, 0.5) is 18.9 Å². The second-order valence-corrected chi connectivity index (χ2v) is 7.62. The minimum Gasteiger partial charge on any atom is -0.506 e. The lowest BCUT2D eigenvalue weighted by Gasteiger charge is -2.11. The number of phenolic OH excluding ortho intramolecular Hbond substituents is 1. The molecule has 0 saturated carbocycles. The van der Waals surface area contributed by atoms with E-state index in [1.807, 2.05) is 6.92 Å². The van der Waals surface area contributed by atoms with Gasteiger partial charge in [0.05, 0.1) is 10.6 Å². The van der Waals surface area contributed by atoms with Crippen molar-refractivity contribution in [2.45, 2.75) is 17.3 Å². The van der Waals surface area contributed by atoms with Crippen LogP contribution in [0.1, 0.15) is 16.1 Å². The van der Waals surface area contributed by atoms with Gasteiger partial charge in [0.2, 0.25) is 0 Å². The summed E-state index contributed by atoms with van der Waals surface area (Å²) in [6.07, 6.45) is 3.11. The van der Waals surface area contributed by atoms with Gasteiger partial charge in [-0.3, -0.25) is 4.79 Å². The lowest BCUT2D eigenvalue weighted by Crippen LogP contribution is -2.23. The van der Waals surface area contributed by atoms with Crippen LogP contribution < -0.4 is 5.32 Å². The van der Waals surface area contributed by atoms with Crippen molar-refractivity contribution < 1.29 is 31.5 Å². The molecule has 11 heteroatoms. The monoisotopic (exact) mass is 399 g/mol. The predicted octanol–water partition coefficient (Wildman–Crippen LogP) is 2.89. The quantitative estimate of drug-likeness (QED) is 0.660. The standard InChI is InChI=1S/C16H12F3N3O4S/c1-9-2-5-14-20-12(8-22(14)7-9)15(24)21-11-6-10(3-4-13(11)23)27(25,26)16(17,18)19/h2-8,23H,1H3,(H,21,24).